The van der Waals surface area contributed by atoms with Crippen LogP contribution in [0.15, 0.2) is 94.5 Å². The van der Waals surface area contributed by atoms with E-state index in [1.807, 2.05) is 42.6 Å². The third kappa shape index (κ3) is 3.92. The Kier molecular flexibility index (Phi) is 4.81. The molecule has 1 aliphatic carbocycles. The molecule has 0 spiro atoms. The van der Waals surface area contributed by atoms with Gasteiger partial charge in [0, 0.05) is 16.6 Å². The quantitative estimate of drug-likeness (QED) is 0.605. The van der Waals surface area contributed by atoms with Crippen molar-refractivity contribution in [3.05, 3.63) is 101 Å². The summed E-state index contributed by atoms with van der Waals surface area (Å²) >= 11 is 3.43. The maximum atomic E-state index is 4.52. The Bertz CT molecular complexity index is 718. The first-order chi connectivity index (χ1) is 10.8. The van der Waals surface area contributed by atoms with E-state index in [2.05, 4.69) is 69.5 Å². The average Bonchev–Trinajstić information content (AvgIpc) is 2.84. The van der Waals surface area contributed by atoms with Crippen molar-refractivity contribution < 1.29 is 0 Å². The lowest BCUT2D eigenvalue weighted by molar-refractivity contribution is 1.09. The van der Waals surface area contributed by atoms with E-state index in [9.17, 15) is 0 Å². The molecule has 0 aliphatic heterocycles. The summed E-state index contributed by atoms with van der Waals surface area (Å²) in [7, 11) is 0. The van der Waals surface area contributed by atoms with Crippen LogP contribution in [0.2, 0.25) is 0 Å². The minimum absolute atomic E-state index is 0.333. The monoisotopic (exact) mass is 349 g/mol. The third-order valence-electron chi connectivity index (χ3n) is 3.48. The van der Waals surface area contributed by atoms with Crippen molar-refractivity contribution >= 4 is 27.8 Å². The maximum Gasteiger partial charge on any atom is 0.0630 e. The van der Waals surface area contributed by atoms with Gasteiger partial charge in [-0.05, 0) is 35.4 Å². The lowest BCUT2D eigenvalue weighted by atomic mass is 9.98. The zero-order valence-corrected chi connectivity index (χ0v) is 13.6. The summed E-state index contributed by atoms with van der Waals surface area (Å²) in [4.78, 5) is 4.52. The Balaban J connectivity index is 1.72. The van der Waals surface area contributed by atoms with Gasteiger partial charge in [-0.15, -0.1) is 0 Å². The number of halogens is 1. The summed E-state index contributed by atoms with van der Waals surface area (Å²) in [6, 6.07) is 16.5. The second kappa shape index (κ2) is 7.19. The van der Waals surface area contributed by atoms with Crippen molar-refractivity contribution in [2.24, 2.45) is 4.99 Å². The highest BCUT2D eigenvalue weighted by molar-refractivity contribution is 9.10. The molecule has 108 valence electrons. The Morgan fingerprint density at radius 3 is 2.05 bits per heavy atom. The molecule has 0 amide bonds. The van der Waals surface area contributed by atoms with Crippen LogP contribution in [0, 0.1) is 0 Å². The van der Waals surface area contributed by atoms with Crippen molar-refractivity contribution in [3.63, 3.8) is 0 Å². The molecule has 2 heteroatoms. The number of nitrogens with zero attached hydrogens (tertiary/aromatic N) is 1. The topological polar surface area (TPSA) is 12.4 Å². The molecule has 0 saturated heterocycles. The summed E-state index contributed by atoms with van der Waals surface area (Å²) in [5, 5.41) is 0. The number of benzene rings is 2. The molecule has 2 aromatic carbocycles. The van der Waals surface area contributed by atoms with Crippen LogP contribution in [0.5, 0.6) is 0 Å². The lowest BCUT2D eigenvalue weighted by Crippen LogP contribution is -1.89. The number of rotatable bonds is 3. The van der Waals surface area contributed by atoms with Crippen LogP contribution < -0.4 is 0 Å². The number of hydrogen-bond donors (Lipinski definition) is 0. The van der Waals surface area contributed by atoms with Gasteiger partial charge in [0.25, 0.3) is 0 Å². The molecular weight excluding hydrogens is 334 g/mol. The molecule has 1 aliphatic rings. The molecule has 2 aromatic rings. The number of allylic oxidation sites excluding steroid dienone is 6. The zero-order chi connectivity index (χ0) is 15.2. The molecular formula is C20H16BrN. The van der Waals surface area contributed by atoms with E-state index in [0.717, 1.165) is 15.7 Å². The zero-order valence-electron chi connectivity index (χ0n) is 12.1. The molecule has 0 radical (unpaired) electrons. The fourth-order valence-corrected chi connectivity index (χ4v) is 2.53. The predicted octanol–water partition coefficient (Wildman–Crippen LogP) is 5.97. The van der Waals surface area contributed by atoms with E-state index >= 15 is 0 Å². The Hall–Kier alpha value is -2.19. The smallest absolute Gasteiger partial charge is 0.0630 e. The van der Waals surface area contributed by atoms with E-state index in [0.29, 0.717) is 5.92 Å². The van der Waals surface area contributed by atoms with E-state index in [1.165, 1.54) is 5.56 Å². The fraction of sp³-hybridized carbons (Fsp3) is 0.0500. The second-order valence-electron chi connectivity index (χ2n) is 5.08. The summed E-state index contributed by atoms with van der Waals surface area (Å²) in [6.07, 6.45) is 14.5. The molecule has 0 heterocycles. The summed E-state index contributed by atoms with van der Waals surface area (Å²) in [5.41, 5.74) is 3.33. The first-order valence-corrected chi connectivity index (χ1v) is 8.02. The minimum Gasteiger partial charge on any atom is -0.256 e. The van der Waals surface area contributed by atoms with Crippen molar-refractivity contribution in [2.75, 3.05) is 0 Å². The van der Waals surface area contributed by atoms with Gasteiger partial charge in [-0.1, -0.05) is 76.7 Å². The molecule has 0 unspecified atom stereocenters. The molecule has 1 nitrogen and oxygen atoms in total. The van der Waals surface area contributed by atoms with Crippen LogP contribution in [0.4, 0.5) is 5.69 Å². The van der Waals surface area contributed by atoms with Gasteiger partial charge in [-0.2, -0.15) is 0 Å². The van der Waals surface area contributed by atoms with Gasteiger partial charge < -0.3 is 0 Å². The van der Waals surface area contributed by atoms with Crippen LogP contribution in [-0.4, -0.2) is 6.21 Å². The van der Waals surface area contributed by atoms with Crippen LogP contribution in [0.1, 0.15) is 17.0 Å². The van der Waals surface area contributed by atoms with Gasteiger partial charge >= 0.3 is 0 Å². The first-order valence-electron chi connectivity index (χ1n) is 7.22. The lowest BCUT2D eigenvalue weighted by Gasteiger charge is -2.07. The van der Waals surface area contributed by atoms with E-state index in [1.54, 1.807) is 0 Å². The Labute approximate surface area is 139 Å². The molecule has 0 fully saturated rings. The maximum absolute atomic E-state index is 4.52. The first kappa shape index (κ1) is 14.7. The molecule has 0 saturated carbocycles. The molecule has 0 atom stereocenters. The van der Waals surface area contributed by atoms with Crippen LogP contribution >= 0.6 is 15.9 Å². The molecule has 0 bridgehead atoms. The Morgan fingerprint density at radius 1 is 0.773 bits per heavy atom. The van der Waals surface area contributed by atoms with Gasteiger partial charge in [-0.25, -0.2) is 0 Å². The third-order valence-corrected chi connectivity index (χ3v) is 4.01. The standard InChI is InChI=1S/C20H16BrN/c21-19-11-7-16(8-12-19)15-22-20-13-9-18(10-14-20)17-5-3-1-2-4-6-17/h1-15,17H. The van der Waals surface area contributed by atoms with E-state index < -0.39 is 0 Å². The summed E-state index contributed by atoms with van der Waals surface area (Å²) in [5.74, 6) is 0.333. The van der Waals surface area contributed by atoms with Gasteiger partial charge in [0.05, 0.1) is 5.69 Å². The van der Waals surface area contributed by atoms with Gasteiger partial charge in [0.1, 0.15) is 0 Å². The Morgan fingerprint density at radius 2 is 1.41 bits per heavy atom. The van der Waals surface area contributed by atoms with Crippen molar-refractivity contribution in [3.8, 4) is 0 Å². The average molecular weight is 350 g/mol. The summed E-state index contributed by atoms with van der Waals surface area (Å²) < 4.78 is 1.08. The highest BCUT2D eigenvalue weighted by atomic mass is 79.9. The van der Waals surface area contributed by atoms with Crippen LogP contribution in [0.25, 0.3) is 0 Å². The van der Waals surface area contributed by atoms with Crippen molar-refractivity contribution in [1.29, 1.82) is 0 Å². The van der Waals surface area contributed by atoms with Crippen LogP contribution in [-0.2, 0) is 0 Å². The minimum atomic E-state index is 0.333. The molecule has 22 heavy (non-hydrogen) atoms. The van der Waals surface area contributed by atoms with Gasteiger partial charge in [0.15, 0.2) is 0 Å². The van der Waals surface area contributed by atoms with Crippen molar-refractivity contribution in [1.82, 2.24) is 0 Å². The predicted molar refractivity (Wildman–Crippen MR) is 98.0 cm³/mol. The molecule has 0 N–H and O–H groups in total. The SMILES string of the molecule is Brc1ccc(C=Nc2ccc(C3C=CC=CC=C3)cc2)cc1. The highest BCUT2D eigenvalue weighted by Gasteiger charge is 2.04. The van der Waals surface area contributed by atoms with Crippen LogP contribution in [0.3, 0.4) is 0 Å². The normalized spacial score (nSPS) is 14.6. The van der Waals surface area contributed by atoms with Gasteiger partial charge in [0.2, 0.25) is 0 Å². The highest BCUT2D eigenvalue weighted by Crippen LogP contribution is 2.23. The largest absolute Gasteiger partial charge is 0.256 e. The van der Waals surface area contributed by atoms with E-state index in [4.69, 9.17) is 0 Å². The summed E-state index contributed by atoms with van der Waals surface area (Å²) in [6.45, 7) is 0. The van der Waals surface area contributed by atoms with Crippen molar-refractivity contribution in [2.45, 2.75) is 5.92 Å². The fourth-order valence-electron chi connectivity index (χ4n) is 2.26. The van der Waals surface area contributed by atoms with Gasteiger partial charge in [-0.3, -0.25) is 4.99 Å². The number of aliphatic imine (C=N–C) groups is 1. The number of hydrogen-bond acceptors (Lipinski definition) is 1. The molecule has 3 rings (SSSR count). The second-order valence-corrected chi connectivity index (χ2v) is 6.00. The van der Waals surface area contributed by atoms with E-state index in [-0.39, 0.29) is 0 Å². The molecule has 0 aromatic heterocycles.